The van der Waals surface area contributed by atoms with Crippen molar-refractivity contribution in [3.63, 3.8) is 0 Å². The minimum atomic E-state index is -0.536. The van der Waals surface area contributed by atoms with Gasteiger partial charge >= 0.3 is 6.03 Å². The highest BCUT2D eigenvalue weighted by molar-refractivity contribution is 9.10. The van der Waals surface area contributed by atoms with Gasteiger partial charge in [0.15, 0.2) is 11.5 Å². The van der Waals surface area contributed by atoms with E-state index in [9.17, 15) is 9.59 Å². The molecule has 1 saturated heterocycles. The van der Waals surface area contributed by atoms with E-state index in [1.807, 2.05) is 31.2 Å². The Morgan fingerprint density at radius 1 is 0.967 bits per heavy atom. The van der Waals surface area contributed by atoms with Crippen LogP contribution in [0.25, 0.3) is 16.8 Å². The van der Waals surface area contributed by atoms with Gasteiger partial charge in [-0.05, 0) is 69.0 Å². The van der Waals surface area contributed by atoms with Crippen molar-refractivity contribution in [1.29, 1.82) is 0 Å². The van der Waals surface area contributed by atoms with Crippen molar-refractivity contribution < 1.29 is 19.1 Å². The van der Waals surface area contributed by atoms with Gasteiger partial charge in [0, 0.05) is 0 Å². The molecule has 1 fully saturated rings. The number of ether oxygens (including phenoxy) is 2. The third kappa shape index (κ3) is 4.31. The summed E-state index contributed by atoms with van der Waals surface area (Å²) in [7, 11) is 0. The van der Waals surface area contributed by atoms with Gasteiger partial charge in [-0.3, -0.25) is 10.1 Å². The molecule has 4 rings (SSSR count). The molecule has 0 unspecified atom stereocenters. The molecule has 152 valence electrons. The molecule has 0 aromatic heterocycles. The van der Waals surface area contributed by atoms with Gasteiger partial charge < -0.3 is 14.8 Å². The van der Waals surface area contributed by atoms with Gasteiger partial charge in [-0.1, -0.05) is 36.4 Å². The number of benzene rings is 3. The Balaban J connectivity index is 1.59. The van der Waals surface area contributed by atoms with Crippen LogP contribution in [0.2, 0.25) is 0 Å². The van der Waals surface area contributed by atoms with Crippen LogP contribution in [0.4, 0.5) is 4.79 Å². The number of fused-ring (bicyclic) bond motifs is 1. The van der Waals surface area contributed by atoms with E-state index in [2.05, 4.69) is 50.8 Å². The van der Waals surface area contributed by atoms with Gasteiger partial charge in [-0.15, -0.1) is 0 Å². The lowest BCUT2D eigenvalue weighted by Gasteiger charge is -2.15. The average Bonchev–Trinajstić information content (AvgIpc) is 3.04. The molecule has 30 heavy (non-hydrogen) atoms. The van der Waals surface area contributed by atoms with Crippen LogP contribution in [-0.2, 0) is 11.4 Å². The van der Waals surface area contributed by atoms with E-state index in [0.717, 1.165) is 10.9 Å². The molecule has 0 saturated carbocycles. The highest BCUT2D eigenvalue weighted by Crippen LogP contribution is 2.38. The van der Waals surface area contributed by atoms with Gasteiger partial charge in [0.05, 0.1) is 11.1 Å². The van der Waals surface area contributed by atoms with Crippen molar-refractivity contribution in [2.75, 3.05) is 6.61 Å². The Labute approximate surface area is 182 Å². The fraction of sp³-hybridized carbons (Fsp3) is 0.130. The highest BCUT2D eigenvalue weighted by Gasteiger charge is 2.23. The number of amides is 3. The number of rotatable bonds is 6. The lowest BCUT2D eigenvalue weighted by Crippen LogP contribution is -2.22. The number of carbonyl (C=O) groups is 2. The van der Waals surface area contributed by atoms with Crippen LogP contribution in [0.3, 0.4) is 0 Å². The second kappa shape index (κ2) is 8.59. The molecule has 0 spiro atoms. The molecular weight excluding hydrogens is 448 g/mol. The third-order valence-electron chi connectivity index (χ3n) is 4.56. The van der Waals surface area contributed by atoms with Crippen LogP contribution in [0.5, 0.6) is 11.5 Å². The summed E-state index contributed by atoms with van der Waals surface area (Å²) >= 11 is 3.54. The van der Waals surface area contributed by atoms with Gasteiger partial charge in [-0.25, -0.2) is 4.79 Å². The Morgan fingerprint density at radius 2 is 1.77 bits per heavy atom. The van der Waals surface area contributed by atoms with E-state index in [0.29, 0.717) is 34.7 Å². The quantitative estimate of drug-likeness (QED) is 0.405. The molecule has 3 aromatic carbocycles. The van der Waals surface area contributed by atoms with E-state index < -0.39 is 11.9 Å². The van der Waals surface area contributed by atoms with Crippen molar-refractivity contribution >= 4 is 44.7 Å². The topological polar surface area (TPSA) is 76.7 Å². The third-order valence-corrected chi connectivity index (χ3v) is 5.15. The molecule has 0 bridgehead atoms. The highest BCUT2D eigenvalue weighted by atomic mass is 79.9. The van der Waals surface area contributed by atoms with Crippen LogP contribution in [0.15, 0.2) is 64.8 Å². The minimum Gasteiger partial charge on any atom is -0.490 e. The van der Waals surface area contributed by atoms with Crippen LogP contribution in [0.1, 0.15) is 18.1 Å². The van der Waals surface area contributed by atoms with E-state index >= 15 is 0 Å². The summed E-state index contributed by atoms with van der Waals surface area (Å²) in [6, 6.07) is 17.4. The van der Waals surface area contributed by atoms with Gasteiger partial charge in [-0.2, -0.15) is 0 Å². The first-order chi connectivity index (χ1) is 14.5. The molecule has 0 radical (unpaired) electrons. The minimum absolute atomic E-state index is 0.180. The van der Waals surface area contributed by atoms with Crippen LogP contribution >= 0.6 is 15.9 Å². The average molecular weight is 467 g/mol. The summed E-state index contributed by atoms with van der Waals surface area (Å²) in [4.78, 5) is 23.1. The monoisotopic (exact) mass is 466 g/mol. The van der Waals surface area contributed by atoms with Crippen LogP contribution in [-0.4, -0.2) is 18.5 Å². The number of hydrogen-bond acceptors (Lipinski definition) is 4. The fourth-order valence-electron chi connectivity index (χ4n) is 3.21. The van der Waals surface area contributed by atoms with E-state index in [-0.39, 0.29) is 5.70 Å². The van der Waals surface area contributed by atoms with Crippen molar-refractivity contribution in [2.24, 2.45) is 0 Å². The smallest absolute Gasteiger partial charge is 0.326 e. The molecule has 1 heterocycles. The Kier molecular flexibility index (Phi) is 5.72. The number of imide groups is 1. The largest absolute Gasteiger partial charge is 0.490 e. The molecule has 0 aliphatic carbocycles. The zero-order chi connectivity index (χ0) is 21.1. The lowest BCUT2D eigenvalue weighted by atomic mass is 10.1. The second-order valence-electron chi connectivity index (χ2n) is 6.70. The summed E-state index contributed by atoms with van der Waals surface area (Å²) in [5, 5.41) is 6.98. The standard InChI is InChI=1S/C23H19BrN2O4/c1-2-29-20-12-15(11-19-22(27)26-23(28)25-19)10-18(24)21(20)30-13-14-7-8-16-5-3-4-6-17(16)9-14/h3-12H,2,13H2,1H3,(H2,25,26,27,28). The molecule has 3 aromatic rings. The van der Waals surface area contributed by atoms with Crippen LogP contribution in [0, 0.1) is 0 Å². The van der Waals surface area contributed by atoms with E-state index in [1.165, 1.54) is 5.39 Å². The zero-order valence-corrected chi connectivity index (χ0v) is 17.8. The van der Waals surface area contributed by atoms with Gasteiger partial charge in [0.25, 0.3) is 5.91 Å². The molecule has 0 atom stereocenters. The first-order valence-corrected chi connectivity index (χ1v) is 10.2. The van der Waals surface area contributed by atoms with Gasteiger partial charge in [0.1, 0.15) is 12.3 Å². The van der Waals surface area contributed by atoms with E-state index in [1.54, 1.807) is 12.1 Å². The lowest BCUT2D eigenvalue weighted by molar-refractivity contribution is -0.115. The molecular formula is C23H19BrN2O4. The summed E-state index contributed by atoms with van der Waals surface area (Å²) in [6.07, 6.45) is 1.58. The Hall–Kier alpha value is -3.32. The van der Waals surface area contributed by atoms with Crippen LogP contribution < -0.4 is 20.1 Å². The molecule has 1 aliphatic rings. The molecule has 2 N–H and O–H groups in total. The number of urea groups is 1. The summed E-state index contributed by atoms with van der Waals surface area (Å²) in [5.74, 6) is 0.655. The summed E-state index contributed by atoms with van der Waals surface area (Å²) < 4.78 is 12.5. The Morgan fingerprint density at radius 3 is 2.50 bits per heavy atom. The maximum atomic E-state index is 11.8. The van der Waals surface area contributed by atoms with Crippen molar-refractivity contribution in [3.05, 3.63) is 75.9 Å². The predicted octanol–water partition coefficient (Wildman–Crippen LogP) is 4.76. The first kappa shape index (κ1) is 20.0. The molecule has 6 nitrogen and oxygen atoms in total. The summed E-state index contributed by atoms with van der Waals surface area (Å²) in [6.45, 7) is 2.72. The van der Waals surface area contributed by atoms with Crippen molar-refractivity contribution in [3.8, 4) is 11.5 Å². The number of halogens is 1. The van der Waals surface area contributed by atoms with E-state index in [4.69, 9.17) is 9.47 Å². The fourth-order valence-corrected chi connectivity index (χ4v) is 3.78. The van der Waals surface area contributed by atoms with Crippen molar-refractivity contribution in [1.82, 2.24) is 10.6 Å². The maximum absolute atomic E-state index is 11.8. The second-order valence-corrected chi connectivity index (χ2v) is 7.55. The maximum Gasteiger partial charge on any atom is 0.326 e. The molecule has 1 aliphatic heterocycles. The number of carbonyl (C=O) groups excluding carboxylic acids is 2. The van der Waals surface area contributed by atoms with Crippen molar-refractivity contribution in [2.45, 2.75) is 13.5 Å². The first-order valence-electron chi connectivity index (χ1n) is 9.44. The Bertz CT molecular complexity index is 1170. The molecule has 3 amide bonds. The predicted molar refractivity (Wildman–Crippen MR) is 118 cm³/mol. The number of hydrogen-bond donors (Lipinski definition) is 2. The number of nitrogens with one attached hydrogen (secondary N) is 2. The molecule has 7 heteroatoms. The summed E-state index contributed by atoms with van der Waals surface area (Å²) in [5.41, 5.74) is 1.91. The SMILES string of the molecule is CCOc1cc(C=C2NC(=O)NC2=O)cc(Br)c1OCc1ccc2ccccc2c1. The normalized spacial score (nSPS) is 14.7. The van der Waals surface area contributed by atoms with Gasteiger partial charge in [0.2, 0.25) is 0 Å². The zero-order valence-electron chi connectivity index (χ0n) is 16.2.